The largest absolute Gasteiger partial charge is 0.477 e. The quantitative estimate of drug-likeness (QED) is 0.874. The average Bonchev–Trinajstić information content (AvgIpc) is 2.81. The summed E-state index contributed by atoms with van der Waals surface area (Å²) in [7, 11) is 0. The molecule has 0 saturated carbocycles. The molecule has 0 saturated heterocycles. The molecule has 0 aliphatic heterocycles. The minimum Gasteiger partial charge on any atom is -0.477 e. The third kappa shape index (κ3) is 2.74. The maximum absolute atomic E-state index is 6.12. The predicted molar refractivity (Wildman–Crippen MR) is 78.1 cm³/mol. The summed E-state index contributed by atoms with van der Waals surface area (Å²) >= 11 is 0. The van der Waals surface area contributed by atoms with E-state index in [2.05, 4.69) is 15.1 Å². The van der Waals surface area contributed by atoms with Crippen LogP contribution < -0.4 is 10.5 Å². The summed E-state index contributed by atoms with van der Waals surface area (Å²) < 4.78 is 7.27. The molecule has 0 radical (unpaired) electrons. The molecule has 0 aromatic carbocycles. The molecule has 0 unspecified atom stereocenters. The molecule has 2 aromatic heterocycles. The number of nitrogens with zero attached hydrogens (tertiary/aromatic N) is 4. The number of nitrogens with two attached hydrogens (primary N) is 1. The first-order chi connectivity index (χ1) is 9.71. The number of aryl methyl sites for hydroxylation is 1. The van der Waals surface area contributed by atoms with Crippen LogP contribution in [0.5, 0.6) is 5.88 Å². The topological polar surface area (TPSA) is 78.8 Å². The van der Waals surface area contributed by atoms with Crippen LogP contribution in [-0.2, 0) is 12.8 Å². The summed E-state index contributed by atoms with van der Waals surface area (Å²) in [5.74, 6) is 1.15. The molecule has 2 heterocycles. The van der Waals surface area contributed by atoms with Crippen molar-refractivity contribution >= 4 is 5.69 Å². The fourth-order valence-corrected chi connectivity index (χ4v) is 2.02. The molecular formula is C14H21N5O. The van der Waals surface area contributed by atoms with E-state index in [9.17, 15) is 0 Å². The normalized spacial score (nSPS) is 10.8. The van der Waals surface area contributed by atoms with E-state index in [0.717, 1.165) is 36.3 Å². The highest BCUT2D eigenvalue weighted by molar-refractivity contribution is 5.50. The second-order valence-corrected chi connectivity index (χ2v) is 4.49. The fraction of sp³-hybridized carbons (Fsp3) is 0.500. The van der Waals surface area contributed by atoms with Crippen molar-refractivity contribution in [1.29, 1.82) is 0 Å². The van der Waals surface area contributed by atoms with Gasteiger partial charge in [-0.05, 0) is 19.3 Å². The van der Waals surface area contributed by atoms with Gasteiger partial charge in [0.15, 0.2) is 5.82 Å². The third-order valence-electron chi connectivity index (χ3n) is 3.04. The van der Waals surface area contributed by atoms with Gasteiger partial charge in [-0.1, -0.05) is 20.8 Å². The fourth-order valence-electron chi connectivity index (χ4n) is 2.02. The second-order valence-electron chi connectivity index (χ2n) is 4.49. The summed E-state index contributed by atoms with van der Waals surface area (Å²) in [6, 6.07) is 0. The Balaban J connectivity index is 2.40. The van der Waals surface area contributed by atoms with Gasteiger partial charge in [0.25, 0.3) is 0 Å². The standard InChI is InChI=1S/C14H21N5O/c1-4-7-20-13-9-16-8-12(17-13)19-11(6-3)14(15)10(5-2)18-19/h8-9H,4-7,15H2,1-3H3. The molecule has 2 N–H and O–H groups in total. The summed E-state index contributed by atoms with van der Waals surface area (Å²) in [6.45, 7) is 6.76. The van der Waals surface area contributed by atoms with E-state index in [1.165, 1.54) is 0 Å². The first-order valence-electron chi connectivity index (χ1n) is 7.02. The van der Waals surface area contributed by atoms with Gasteiger partial charge in [0, 0.05) is 0 Å². The Kier molecular flexibility index (Phi) is 4.55. The van der Waals surface area contributed by atoms with E-state index in [4.69, 9.17) is 10.5 Å². The van der Waals surface area contributed by atoms with Crippen LogP contribution in [0.25, 0.3) is 5.82 Å². The average molecular weight is 275 g/mol. The Morgan fingerprint density at radius 1 is 1.20 bits per heavy atom. The van der Waals surface area contributed by atoms with Crippen LogP contribution in [0, 0.1) is 0 Å². The van der Waals surface area contributed by atoms with Crippen LogP contribution in [0.2, 0.25) is 0 Å². The van der Waals surface area contributed by atoms with E-state index in [1.54, 1.807) is 17.1 Å². The van der Waals surface area contributed by atoms with Crippen molar-refractivity contribution in [2.75, 3.05) is 12.3 Å². The predicted octanol–water partition coefficient (Wildman–Crippen LogP) is 2.16. The minimum absolute atomic E-state index is 0.513. The second kappa shape index (κ2) is 6.36. The lowest BCUT2D eigenvalue weighted by molar-refractivity contribution is 0.303. The van der Waals surface area contributed by atoms with Crippen LogP contribution in [0.1, 0.15) is 38.6 Å². The molecule has 6 nitrogen and oxygen atoms in total. The Morgan fingerprint density at radius 2 is 2.00 bits per heavy atom. The number of rotatable bonds is 6. The van der Waals surface area contributed by atoms with Crippen molar-refractivity contribution in [3.8, 4) is 11.7 Å². The summed E-state index contributed by atoms with van der Waals surface area (Å²) in [5, 5.41) is 4.52. The Hall–Kier alpha value is -2.11. The number of hydrogen-bond donors (Lipinski definition) is 1. The molecule has 2 aromatic rings. The highest BCUT2D eigenvalue weighted by Gasteiger charge is 2.15. The first kappa shape index (κ1) is 14.3. The SMILES string of the molecule is CCCOc1cncc(-n2nc(CC)c(N)c2CC)n1. The van der Waals surface area contributed by atoms with Crippen LogP contribution in [0.4, 0.5) is 5.69 Å². The van der Waals surface area contributed by atoms with Crippen molar-refractivity contribution < 1.29 is 4.74 Å². The van der Waals surface area contributed by atoms with Crippen molar-refractivity contribution in [2.45, 2.75) is 40.0 Å². The zero-order valence-corrected chi connectivity index (χ0v) is 12.3. The molecule has 20 heavy (non-hydrogen) atoms. The van der Waals surface area contributed by atoms with E-state index >= 15 is 0 Å². The molecule has 0 aliphatic carbocycles. The van der Waals surface area contributed by atoms with E-state index in [-0.39, 0.29) is 0 Å². The van der Waals surface area contributed by atoms with Gasteiger partial charge >= 0.3 is 0 Å². The van der Waals surface area contributed by atoms with Gasteiger partial charge in [-0.2, -0.15) is 10.1 Å². The molecule has 0 spiro atoms. The Bertz CT molecular complexity index is 579. The zero-order valence-electron chi connectivity index (χ0n) is 12.3. The smallest absolute Gasteiger partial charge is 0.234 e. The lowest BCUT2D eigenvalue weighted by Gasteiger charge is -2.07. The molecule has 0 atom stereocenters. The van der Waals surface area contributed by atoms with Crippen molar-refractivity contribution in [3.05, 3.63) is 23.8 Å². The highest BCUT2D eigenvalue weighted by Crippen LogP contribution is 2.21. The lowest BCUT2D eigenvalue weighted by atomic mass is 10.2. The number of nitrogen functional groups attached to an aromatic ring is 1. The Morgan fingerprint density at radius 3 is 2.65 bits per heavy atom. The number of hydrogen-bond acceptors (Lipinski definition) is 5. The van der Waals surface area contributed by atoms with E-state index in [0.29, 0.717) is 18.3 Å². The number of ether oxygens (including phenoxy) is 1. The zero-order chi connectivity index (χ0) is 14.5. The van der Waals surface area contributed by atoms with Crippen molar-refractivity contribution in [1.82, 2.24) is 19.7 Å². The van der Waals surface area contributed by atoms with Gasteiger partial charge in [-0.3, -0.25) is 4.98 Å². The van der Waals surface area contributed by atoms with Crippen LogP contribution in [0.3, 0.4) is 0 Å². The summed E-state index contributed by atoms with van der Waals surface area (Å²) in [4.78, 5) is 8.60. The van der Waals surface area contributed by atoms with Crippen LogP contribution in [0.15, 0.2) is 12.4 Å². The molecule has 2 rings (SSSR count). The Labute approximate surface area is 119 Å². The molecule has 0 bridgehead atoms. The molecule has 0 fully saturated rings. The lowest BCUT2D eigenvalue weighted by Crippen LogP contribution is -2.07. The highest BCUT2D eigenvalue weighted by atomic mass is 16.5. The number of anilines is 1. The van der Waals surface area contributed by atoms with Gasteiger partial charge in [0.05, 0.1) is 36.1 Å². The van der Waals surface area contributed by atoms with Crippen molar-refractivity contribution in [2.24, 2.45) is 0 Å². The van der Waals surface area contributed by atoms with Gasteiger partial charge in [-0.25, -0.2) is 4.68 Å². The van der Waals surface area contributed by atoms with Crippen molar-refractivity contribution in [3.63, 3.8) is 0 Å². The van der Waals surface area contributed by atoms with Gasteiger partial charge < -0.3 is 10.5 Å². The van der Waals surface area contributed by atoms with Crippen LogP contribution >= 0.6 is 0 Å². The first-order valence-corrected chi connectivity index (χ1v) is 7.02. The molecule has 108 valence electrons. The maximum Gasteiger partial charge on any atom is 0.234 e. The van der Waals surface area contributed by atoms with E-state index in [1.807, 2.05) is 20.8 Å². The summed E-state index contributed by atoms with van der Waals surface area (Å²) in [6.07, 6.45) is 5.80. The summed E-state index contributed by atoms with van der Waals surface area (Å²) in [5.41, 5.74) is 8.72. The van der Waals surface area contributed by atoms with Crippen LogP contribution in [-0.4, -0.2) is 26.4 Å². The van der Waals surface area contributed by atoms with Gasteiger partial charge in [-0.15, -0.1) is 0 Å². The maximum atomic E-state index is 6.12. The monoisotopic (exact) mass is 275 g/mol. The van der Waals surface area contributed by atoms with Gasteiger partial charge in [0.2, 0.25) is 5.88 Å². The van der Waals surface area contributed by atoms with Gasteiger partial charge in [0.1, 0.15) is 0 Å². The number of aromatic nitrogens is 4. The minimum atomic E-state index is 0.513. The van der Waals surface area contributed by atoms with E-state index < -0.39 is 0 Å². The third-order valence-corrected chi connectivity index (χ3v) is 3.04. The molecule has 0 aliphatic rings. The molecule has 6 heteroatoms. The molecular weight excluding hydrogens is 254 g/mol. The molecule has 0 amide bonds.